The highest BCUT2D eigenvalue weighted by molar-refractivity contribution is 6.07. The Balaban J connectivity index is 0.000000195. The van der Waals surface area contributed by atoms with Crippen LogP contribution in [0.5, 0.6) is 0 Å². The van der Waals surface area contributed by atoms with Gasteiger partial charge < -0.3 is 20.4 Å². The van der Waals surface area contributed by atoms with Gasteiger partial charge in [-0.15, -0.1) is 0 Å². The lowest BCUT2D eigenvalue weighted by Crippen LogP contribution is -2.42. The summed E-state index contributed by atoms with van der Waals surface area (Å²) in [6.45, 7) is 0. The predicted molar refractivity (Wildman–Crippen MR) is 98.5 cm³/mol. The summed E-state index contributed by atoms with van der Waals surface area (Å²) in [4.78, 5) is 30.5. The molecule has 0 fully saturated rings. The topological polar surface area (TPSA) is 132 Å². The Morgan fingerprint density at radius 2 is 1.04 bits per heavy atom. The maximum atomic E-state index is 10.3. The van der Waals surface area contributed by atoms with Crippen LogP contribution in [-0.4, -0.2) is 43.9 Å². The van der Waals surface area contributed by atoms with Crippen molar-refractivity contribution in [1.29, 1.82) is 0 Å². The Kier molecular flexibility index (Phi) is 6.10. The number of aliphatic carboxylic acids is 3. The molecule has 0 bridgehead atoms. The van der Waals surface area contributed by atoms with Gasteiger partial charge in [-0.1, -0.05) is 60.7 Å². The van der Waals surface area contributed by atoms with Crippen molar-refractivity contribution in [3.8, 4) is 0 Å². The van der Waals surface area contributed by atoms with Crippen molar-refractivity contribution in [3.63, 3.8) is 0 Å². The van der Waals surface area contributed by atoms with Crippen LogP contribution in [0, 0.1) is 0 Å². The largest absolute Gasteiger partial charge is 0.481 e. The summed E-state index contributed by atoms with van der Waals surface area (Å²) in [5, 5.41) is 39.1. The van der Waals surface area contributed by atoms with E-state index in [4.69, 9.17) is 20.4 Å². The third kappa shape index (κ3) is 5.02. The molecule has 7 nitrogen and oxygen atoms in total. The molecule has 0 aliphatic carbocycles. The zero-order chi connectivity index (χ0) is 20.0. The molecule has 0 unspecified atom stereocenters. The van der Waals surface area contributed by atoms with E-state index in [1.165, 1.54) is 21.5 Å². The first-order chi connectivity index (χ1) is 12.7. The first kappa shape index (κ1) is 19.9. The van der Waals surface area contributed by atoms with Crippen LogP contribution in [0.1, 0.15) is 12.8 Å². The minimum atomic E-state index is -2.74. The van der Waals surface area contributed by atoms with Gasteiger partial charge in [0.05, 0.1) is 12.8 Å². The van der Waals surface area contributed by atoms with Crippen molar-refractivity contribution in [3.05, 3.63) is 60.7 Å². The molecule has 0 aliphatic heterocycles. The quantitative estimate of drug-likeness (QED) is 0.508. The summed E-state index contributed by atoms with van der Waals surface area (Å²) < 4.78 is 0. The molecule has 0 radical (unpaired) electrons. The summed E-state index contributed by atoms with van der Waals surface area (Å²) in [7, 11) is 0. The third-order valence-electron chi connectivity index (χ3n) is 3.94. The zero-order valence-corrected chi connectivity index (χ0v) is 14.2. The molecule has 27 heavy (non-hydrogen) atoms. The van der Waals surface area contributed by atoms with Crippen LogP contribution in [0.15, 0.2) is 60.7 Å². The van der Waals surface area contributed by atoms with Gasteiger partial charge in [0.2, 0.25) is 0 Å². The van der Waals surface area contributed by atoms with E-state index in [1.54, 1.807) is 0 Å². The molecule has 0 saturated heterocycles. The van der Waals surface area contributed by atoms with Gasteiger partial charge in [0, 0.05) is 0 Å². The molecule has 0 saturated carbocycles. The van der Waals surface area contributed by atoms with Crippen LogP contribution in [-0.2, 0) is 14.4 Å². The fourth-order valence-electron chi connectivity index (χ4n) is 2.67. The Hall–Kier alpha value is -3.45. The summed E-state index contributed by atoms with van der Waals surface area (Å²) >= 11 is 0. The molecule has 0 spiro atoms. The molecule has 0 aromatic heterocycles. The van der Waals surface area contributed by atoms with E-state index in [2.05, 4.69) is 60.7 Å². The van der Waals surface area contributed by atoms with Gasteiger partial charge in [0.1, 0.15) is 0 Å². The van der Waals surface area contributed by atoms with Gasteiger partial charge >= 0.3 is 17.9 Å². The van der Waals surface area contributed by atoms with Crippen molar-refractivity contribution in [2.45, 2.75) is 18.4 Å². The standard InChI is InChI=1S/C14H10.C6H8O7/c1-3-7-13-11(5-1)9-10-12-6-2-4-8-14(12)13;7-3(8)1-6(13,5(11)12)2-4(9)10/h1-10H;13H,1-2H2,(H,7,8)(H,9,10)(H,11,12). The van der Waals surface area contributed by atoms with E-state index >= 15 is 0 Å². The number of benzene rings is 3. The number of hydrogen-bond donors (Lipinski definition) is 4. The van der Waals surface area contributed by atoms with Gasteiger partial charge in [-0.05, 0) is 21.5 Å². The van der Waals surface area contributed by atoms with Crippen LogP contribution in [0.2, 0.25) is 0 Å². The number of aliphatic hydroxyl groups is 1. The second kappa shape index (κ2) is 8.29. The molecular formula is C20H18O7. The molecule has 0 heterocycles. The number of hydrogen-bond acceptors (Lipinski definition) is 4. The summed E-state index contributed by atoms with van der Waals surface area (Å²) in [5.74, 6) is -5.02. The molecule has 0 aliphatic rings. The molecule has 140 valence electrons. The summed E-state index contributed by atoms with van der Waals surface area (Å²) in [6.07, 6.45) is -2.29. The van der Waals surface area contributed by atoms with Gasteiger partial charge in [-0.25, -0.2) is 4.79 Å². The van der Waals surface area contributed by atoms with Crippen molar-refractivity contribution < 1.29 is 34.8 Å². The molecular weight excluding hydrogens is 352 g/mol. The highest BCUT2D eigenvalue weighted by Crippen LogP contribution is 2.24. The van der Waals surface area contributed by atoms with Gasteiger partial charge in [-0.3, -0.25) is 9.59 Å². The van der Waals surface area contributed by atoms with Crippen LogP contribution in [0.4, 0.5) is 0 Å². The van der Waals surface area contributed by atoms with E-state index in [-0.39, 0.29) is 0 Å². The lowest BCUT2D eigenvalue weighted by molar-refractivity contribution is -0.170. The maximum absolute atomic E-state index is 10.3. The highest BCUT2D eigenvalue weighted by Gasteiger charge is 2.40. The molecule has 0 amide bonds. The minimum Gasteiger partial charge on any atom is -0.481 e. The Morgan fingerprint density at radius 1 is 0.667 bits per heavy atom. The van der Waals surface area contributed by atoms with Crippen molar-refractivity contribution in [2.75, 3.05) is 0 Å². The van der Waals surface area contributed by atoms with E-state index in [9.17, 15) is 14.4 Å². The zero-order valence-electron chi connectivity index (χ0n) is 14.2. The van der Waals surface area contributed by atoms with E-state index in [0.29, 0.717) is 0 Å². The molecule has 3 aromatic carbocycles. The number of rotatable bonds is 5. The Morgan fingerprint density at radius 3 is 1.37 bits per heavy atom. The average Bonchev–Trinajstić information content (AvgIpc) is 2.60. The van der Waals surface area contributed by atoms with Gasteiger partial charge in [0.25, 0.3) is 0 Å². The number of fused-ring (bicyclic) bond motifs is 3. The SMILES string of the molecule is O=C(O)CC(O)(CC(=O)O)C(=O)O.c1ccc2c(c1)ccc1ccccc12. The number of carboxylic acids is 3. The second-order valence-corrected chi connectivity index (χ2v) is 5.99. The van der Waals surface area contributed by atoms with Crippen LogP contribution in [0.3, 0.4) is 0 Å². The maximum Gasteiger partial charge on any atom is 0.336 e. The normalized spacial score (nSPS) is 10.9. The lowest BCUT2D eigenvalue weighted by Gasteiger charge is -2.18. The lowest BCUT2D eigenvalue weighted by atomic mass is 9.96. The smallest absolute Gasteiger partial charge is 0.336 e. The van der Waals surface area contributed by atoms with Gasteiger partial charge in [-0.2, -0.15) is 0 Å². The summed E-state index contributed by atoms with van der Waals surface area (Å²) in [6, 6.07) is 21.4. The average molecular weight is 370 g/mol. The van der Waals surface area contributed by atoms with Crippen LogP contribution in [0.25, 0.3) is 21.5 Å². The van der Waals surface area contributed by atoms with Crippen molar-refractivity contribution in [2.24, 2.45) is 0 Å². The third-order valence-corrected chi connectivity index (χ3v) is 3.94. The fourth-order valence-corrected chi connectivity index (χ4v) is 2.67. The fraction of sp³-hybridized carbons (Fsp3) is 0.150. The van der Waals surface area contributed by atoms with Gasteiger partial charge in [0.15, 0.2) is 5.60 Å². The van der Waals surface area contributed by atoms with E-state index < -0.39 is 36.4 Å². The van der Waals surface area contributed by atoms with E-state index in [0.717, 1.165) is 0 Å². The van der Waals surface area contributed by atoms with Crippen LogP contribution >= 0.6 is 0 Å². The second-order valence-electron chi connectivity index (χ2n) is 5.99. The molecule has 3 aromatic rings. The van der Waals surface area contributed by atoms with E-state index in [1.807, 2.05) is 0 Å². The highest BCUT2D eigenvalue weighted by atomic mass is 16.4. The Labute approximate surface area is 154 Å². The number of carboxylic acid groups (broad SMARTS) is 3. The van der Waals surface area contributed by atoms with Crippen molar-refractivity contribution in [1.82, 2.24) is 0 Å². The predicted octanol–water partition coefficient (Wildman–Crippen LogP) is 2.74. The minimum absolute atomic E-state index is 1.14. The molecule has 0 atom stereocenters. The number of carbonyl (C=O) groups is 3. The first-order valence-corrected chi connectivity index (χ1v) is 7.99. The first-order valence-electron chi connectivity index (χ1n) is 7.99. The monoisotopic (exact) mass is 370 g/mol. The molecule has 4 N–H and O–H groups in total. The molecule has 7 heteroatoms. The molecule has 3 rings (SSSR count). The van der Waals surface area contributed by atoms with Crippen molar-refractivity contribution >= 4 is 39.5 Å². The summed E-state index contributed by atoms with van der Waals surface area (Å²) in [5.41, 5.74) is -2.74. The Bertz CT molecular complexity index is 923. The van der Waals surface area contributed by atoms with Crippen LogP contribution < -0.4 is 0 Å².